The van der Waals surface area contributed by atoms with Crippen LogP contribution >= 0.6 is 11.6 Å². The first kappa shape index (κ1) is 9.12. The molecule has 0 aliphatic carbocycles. The van der Waals surface area contributed by atoms with E-state index in [4.69, 9.17) is 21.8 Å². The van der Waals surface area contributed by atoms with Gasteiger partial charge < -0.3 is 10.2 Å². The first-order chi connectivity index (χ1) is 5.52. The van der Waals surface area contributed by atoms with Gasteiger partial charge in [0.15, 0.2) is 0 Å². The number of rotatable bonds is 1. The first-order valence-corrected chi connectivity index (χ1v) is 3.82. The molecular formula is C6H8ClNO4. The summed E-state index contributed by atoms with van der Waals surface area (Å²) in [6.07, 6.45) is -1.05. The molecule has 0 aromatic rings. The Labute approximate surface area is 73.5 Å². The highest BCUT2D eigenvalue weighted by Crippen LogP contribution is 2.21. The first-order valence-electron chi connectivity index (χ1n) is 3.39. The van der Waals surface area contributed by atoms with Gasteiger partial charge in [-0.2, -0.15) is 0 Å². The number of likely N-dealkylation sites (tertiary alicyclic amines) is 1. The van der Waals surface area contributed by atoms with Gasteiger partial charge in [-0.3, -0.25) is 4.90 Å². The molecule has 1 aliphatic heterocycles. The monoisotopic (exact) mass is 193 g/mol. The number of hydrogen-bond acceptors (Lipinski definition) is 2. The Balaban J connectivity index is 2.72. The van der Waals surface area contributed by atoms with Crippen LogP contribution in [0.4, 0.5) is 4.79 Å². The molecule has 0 saturated carbocycles. The lowest BCUT2D eigenvalue weighted by Gasteiger charge is -2.16. The number of amides is 1. The standard InChI is InChI=1S/C6H8ClNO4/c7-3-1-4(5(9)10)8(2-3)6(11)12/h3-4H,1-2H2,(H,9,10)(H,11,12)/t3-,4-/m0/s1. The number of carboxylic acids is 1. The summed E-state index contributed by atoms with van der Waals surface area (Å²) >= 11 is 5.62. The zero-order valence-electron chi connectivity index (χ0n) is 6.11. The number of aliphatic carboxylic acids is 1. The highest BCUT2D eigenvalue weighted by molar-refractivity contribution is 6.21. The maximum absolute atomic E-state index is 10.5. The van der Waals surface area contributed by atoms with Crippen LogP contribution in [0.2, 0.25) is 0 Å². The Morgan fingerprint density at radius 2 is 2.00 bits per heavy atom. The van der Waals surface area contributed by atoms with Gasteiger partial charge in [-0.25, -0.2) is 9.59 Å². The van der Waals surface area contributed by atoms with Crippen molar-refractivity contribution in [2.24, 2.45) is 0 Å². The number of hydrogen-bond donors (Lipinski definition) is 2. The topological polar surface area (TPSA) is 77.8 Å². The van der Waals surface area contributed by atoms with Crippen molar-refractivity contribution in [3.63, 3.8) is 0 Å². The lowest BCUT2D eigenvalue weighted by Crippen LogP contribution is -2.39. The second kappa shape index (κ2) is 3.18. The molecule has 0 aromatic carbocycles. The Morgan fingerprint density at radius 1 is 1.42 bits per heavy atom. The van der Waals surface area contributed by atoms with Gasteiger partial charge in [0.2, 0.25) is 0 Å². The average molecular weight is 194 g/mol. The van der Waals surface area contributed by atoms with Crippen molar-refractivity contribution in [1.29, 1.82) is 0 Å². The molecule has 2 N–H and O–H groups in total. The van der Waals surface area contributed by atoms with Crippen LogP contribution in [0.5, 0.6) is 0 Å². The van der Waals surface area contributed by atoms with E-state index in [0.29, 0.717) is 0 Å². The fourth-order valence-electron chi connectivity index (χ4n) is 1.23. The van der Waals surface area contributed by atoms with Crippen LogP contribution in [0.25, 0.3) is 0 Å². The quantitative estimate of drug-likeness (QED) is 0.592. The number of nitrogens with zero attached hydrogens (tertiary/aromatic N) is 1. The third-order valence-electron chi connectivity index (χ3n) is 1.78. The van der Waals surface area contributed by atoms with Gasteiger partial charge >= 0.3 is 12.1 Å². The van der Waals surface area contributed by atoms with E-state index in [1.165, 1.54) is 0 Å². The minimum absolute atomic E-state index is 0.0911. The smallest absolute Gasteiger partial charge is 0.408 e. The van der Waals surface area contributed by atoms with Crippen LogP contribution in [0.1, 0.15) is 6.42 Å². The van der Waals surface area contributed by atoms with Crippen LogP contribution in [-0.2, 0) is 4.79 Å². The SMILES string of the molecule is O=C(O)[C@@H]1C[C@H](Cl)CN1C(=O)O. The summed E-state index contributed by atoms with van der Waals surface area (Å²) in [5, 5.41) is 16.8. The normalized spacial score (nSPS) is 28.9. The Hall–Kier alpha value is -0.970. The van der Waals surface area contributed by atoms with Gasteiger partial charge in [0.05, 0.1) is 5.38 Å². The van der Waals surface area contributed by atoms with Crippen molar-refractivity contribution in [3.8, 4) is 0 Å². The Kier molecular flexibility index (Phi) is 2.42. The highest BCUT2D eigenvalue weighted by atomic mass is 35.5. The van der Waals surface area contributed by atoms with E-state index in [9.17, 15) is 9.59 Å². The molecule has 1 heterocycles. The molecule has 5 nitrogen and oxygen atoms in total. The molecular weight excluding hydrogens is 186 g/mol. The number of halogens is 1. The van der Waals surface area contributed by atoms with Gasteiger partial charge in [-0.1, -0.05) is 0 Å². The van der Waals surface area contributed by atoms with Crippen molar-refractivity contribution < 1.29 is 19.8 Å². The van der Waals surface area contributed by atoms with E-state index in [1.807, 2.05) is 0 Å². The summed E-state index contributed by atoms with van der Waals surface area (Å²) in [6, 6.07) is -0.981. The van der Waals surface area contributed by atoms with Gasteiger partial charge in [0.1, 0.15) is 6.04 Å². The van der Waals surface area contributed by atoms with E-state index in [2.05, 4.69) is 0 Å². The minimum atomic E-state index is -1.23. The summed E-state index contributed by atoms with van der Waals surface area (Å²) < 4.78 is 0. The molecule has 1 saturated heterocycles. The predicted molar refractivity (Wildman–Crippen MR) is 40.4 cm³/mol. The molecule has 68 valence electrons. The van der Waals surface area contributed by atoms with E-state index in [1.54, 1.807) is 0 Å². The van der Waals surface area contributed by atoms with E-state index in [-0.39, 0.29) is 18.3 Å². The maximum atomic E-state index is 10.5. The largest absolute Gasteiger partial charge is 0.480 e. The lowest BCUT2D eigenvalue weighted by atomic mass is 10.2. The highest BCUT2D eigenvalue weighted by Gasteiger charge is 2.38. The van der Waals surface area contributed by atoms with E-state index >= 15 is 0 Å². The number of carbonyl (C=O) groups is 2. The second-order valence-electron chi connectivity index (χ2n) is 2.62. The molecule has 0 aromatic heterocycles. The second-order valence-corrected chi connectivity index (χ2v) is 3.24. The third kappa shape index (κ3) is 1.61. The average Bonchev–Trinajstić information content (AvgIpc) is 2.31. The van der Waals surface area contributed by atoms with Crippen molar-refractivity contribution >= 4 is 23.7 Å². The molecule has 0 radical (unpaired) electrons. The summed E-state index contributed by atoms with van der Waals surface area (Å²) in [5.74, 6) is -1.14. The zero-order chi connectivity index (χ0) is 9.30. The number of carboxylic acid groups (broad SMARTS) is 2. The molecule has 0 unspecified atom stereocenters. The summed E-state index contributed by atoms with van der Waals surface area (Å²) in [4.78, 5) is 21.8. The Morgan fingerprint density at radius 3 is 2.33 bits per heavy atom. The molecule has 2 atom stereocenters. The fourth-order valence-corrected chi connectivity index (χ4v) is 1.55. The minimum Gasteiger partial charge on any atom is -0.480 e. The zero-order valence-corrected chi connectivity index (χ0v) is 6.86. The van der Waals surface area contributed by atoms with Crippen LogP contribution in [0, 0.1) is 0 Å². The molecule has 0 spiro atoms. The summed E-state index contributed by atoms with van der Waals surface area (Å²) in [5.41, 5.74) is 0. The van der Waals surface area contributed by atoms with Gasteiger partial charge in [-0.15, -0.1) is 11.6 Å². The molecule has 1 amide bonds. The molecule has 1 rings (SSSR count). The summed E-state index contributed by atoms with van der Waals surface area (Å²) in [6.45, 7) is 0.0911. The molecule has 1 aliphatic rings. The van der Waals surface area contributed by atoms with Crippen LogP contribution in [0.15, 0.2) is 0 Å². The molecule has 0 bridgehead atoms. The Bertz CT molecular complexity index is 198. The van der Waals surface area contributed by atoms with Gasteiger partial charge in [0.25, 0.3) is 0 Å². The van der Waals surface area contributed by atoms with Crippen molar-refractivity contribution in [3.05, 3.63) is 0 Å². The van der Waals surface area contributed by atoms with E-state index in [0.717, 1.165) is 4.90 Å². The van der Waals surface area contributed by atoms with Gasteiger partial charge in [-0.05, 0) is 6.42 Å². The third-order valence-corrected chi connectivity index (χ3v) is 2.10. The van der Waals surface area contributed by atoms with Crippen molar-refractivity contribution in [2.45, 2.75) is 17.8 Å². The maximum Gasteiger partial charge on any atom is 0.408 e. The fraction of sp³-hybridized carbons (Fsp3) is 0.667. The van der Waals surface area contributed by atoms with E-state index < -0.39 is 18.1 Å². The summed E-state index contributed by atoms with van der Waals surface area (Å²) in [7, 11) is 0. The molecule has 6 heteroatoms. The van der Waals surface area contributed by atoms with Crippen LogP contribution in [0.3, 0.4) is 0 Å². The lowest BCUT2D eigenvalue weighted by molar-refractivity contribution is -0.141. The van der Waals surface area contributed by atoms with Crippen molar-refractivity contribution in [2.75, 3.05) is 6.54 Å². The van der Waals surface area contributed by atoms with Gasteiger partial charge in [0, 0.05) is 6.54 Å². The molecule has 1 fully saturated rings. The predicted octanol–water partition coefficient (Wildman–Crippen LogP) is 0.431. The van der Waals surface area contributed by atoms with Crippen LogP contribution < -0.4 is 0 Å². The number of alkyl halides is 1. The molecule has 12 heavy (non-hydrogen) atoms. The van der Waals surface area contributed by atoms with Crippen LogP contribution in [-0.4, -0.2) is 45.1 Å². The van der Waals surface area contributed by atoms with Crippen molar-refractivity contribution in [1.82, 2.24) is 4.90 Å².